The molecular formula is C17H27BrN2. The molecule has 1 aromatic carbocycles. The highest BCUT2D eigenvalue weighted by Gasteiger charge is 2.29. The highest BCUT2D eigenvalue weighted by atomic mass is 79.9. The van der Waals surface area contributed by atoms with Gasteiger partial charge in [-0.25, -0.2) is 0 Å². The van der Waals surface area contributed by atoms with Crippen molar-refractivity contribution in [3.8, 4) is 0 Å². The SMILES string of the molecule is Cc1ccc(C(CN)N(C)C2CCCCC2C)cc1Br. The third kappa shape index (κ3) is 3.44. The Hall–Kier alpha value is -0.380. The molecule has 20 heavy (non-hydrogen) atoms. The van der Waals surface area contributed by atoms with Crippen molar-refractivity contribution in [2.45, 2.75) is 51.6 Å². The molecule has 1 aliphatic rings. The number of benzene rings is 1. The Morgan fingerprint density at radius 1 is 1.35 bits per heavy atom. The minimum Gasteiger partial charge on any atom is -0.329 e. The lowest BCUT2D eigenvalue weighted by atomic mass is 9.84. The molecule has 0 aliphatic heterocycles. The Kier molecular flexibility index (Phi) is 5.65. The van der Waals surface area contributed by atoms with Crippen LogP contribution in [0.5, 0.6) is 0 Å². The number of rotatable bonds is 4. The van der Waals surface area contributed by atoms with Gasteiger partial charge in [-0.1, -0.05) is 47.8 Å². The van der Waals surface area contributed by atoms with E-state index in [1.807, 2.05) is 0 Å². The lowest BCUT2D eigenvalue weighted by Crippen LogP contribution is -2.43. The first kappa shape index (κ1) is 16.0. The second-order valence-electron chi connectivity index (χ2n) is 6.25. The van der Waals surface area contributed by atoms with Crippen LogP contribution in [0.2, 0.25) is 0 Å². The number of halogens is 1. The van der Waals surface area contributed by atoms with E-state index in [9.17, 15) is 0 Å². The first-order valence-electron chi connectivity index (χ1n) is 7.72. The third-order valence-corrected chi connectivity index (χ3v) is 5.74. The fourth-order valence-corrected chi connectivity index (χ4v) is 3.88. The summed E-state index contributed by atoms with van der Waals surface area (Å²) in [5.74, 6) is 0.775. The van der Waals surface area contributed by atoms with Crippen molar-refractivity contribution in [1.29, 1.82) is 0 Å². The normalized spacial score (nSPS) is 24.9. The van der Waals surface area contributed by atoms with Crippen molar-refractivity contribution in [1.82, 2.24) is 4.90 Å². The highest BCUT2D eigenvalue weighted by molar-refractivity contribution is 9.10. The number of hydrogen-bond donors (Lipinski definition) is 1. The molecule has 1 fully saturated rings. The summed E-state index contributed by atoms with van der Waals surface area (Å²) in [7, 11) is 2.25. The van der Waals surface area contributed by atoms with Crippen LogP contribution in [0.3, 0.4) is 0 Å². The van der Waals surface area contributed by atoms with Gasteiger partial charge in [0.2, 0.25) is 0 Å². The summed E-state index contributed by atoms with van der Waals surface area (Å²) in [6.45, 7) is 5.19. The van der Waals surface area contributed by atoms with Crippen LogP contribution in [-0.4, -0.2) is 24.5 Å². The van der Waals surface area contributed by atoms with Crippen LogP contribution < -0.4 is 5.73 Å². The smallest absolute Gasteiger partial charge is 0.0470 e. The van der Waals surface area contributed by atoms with E-state index in [2.05, 4.69) is 59.9 Å². The summed E-state index contributed by atoms with van der Waals surface area (Å²) in [5, 5.41) is 0. The van der Waals surface area contributed by atoms with Crippen LogP contribution >= 0.6 is 15.9 Å². The molecule has 0 amide bonds. The van der Waals surface area contributed by atoms with E-state index in [4.69, 9.17) is 5.73 Å². The molecule has 3 unspecified atom stereocenters. The average Bonchev–Trinajstić information content (AvgIpc) is 2.44. The molecule has 3 heteroatoms. The van der Waals surface area contributed by atoms with Gasteiger partial charge >= 0.3 is 0 Å². The van der Waals surface area contributed by atoms with Crippen LogP contribution in [0, 0.1) is 12.8 Å². The van der Waals surface area contributed by atoms with E-state index in [-0.39, 0.29) is 0 Å². The first-order chi connectivity index (χ1) is 9.54. The molecule has 1 aromatic rings. The summed E-state index contributed by atoms with van der Waals surface area (Å²) < 4.78 is 1.18. The third-order valence-electron chi connectivity index (χ3n) is 4.88. The molecule has 2 N–H and O–H groups in total. The number of nitrogens with two attached hydrogens (primary N) is 1. The van der Waals surface area contributed by atoms with Gasteiger partial charge in [-0.05, 0) is 49.9 Å². The predicted octanol–water partition coefficient (Wildman–Crippen LogP) is 4.27. The Balaban J connectivity index is 2.19. The highest BCUT2D eigenvalue weighted by Crippen LogP contribution is 2.33. The minimum atomic E-state index is 0.317. The lowest BCUT2D eigenvalue weighted by Gasteiger charge is -2.40. The van der Waals surface area contributed by atoms with Gasteiger partial charge in [-0.2, -0.15) is 0 Å². The van der Waals surface area contributed by atoms with Crippen molar-refractivity contribution in [2.75, 3.05) is 13.6 Å². The number of likely N-dealkylation sites (N-methyl/N-ethyl adjacent to an activating group) is 1. The topological polar surface area (TPSA) is 29.3 Å². The van der Waals surface area contributed by atoms with Gasteiger partial charge < -0.3 is 5.73 Å². The van der Waals surface area contributed by atoms with Crippen LogP contribution in [-0.2, 0) is 0 Å². The van der Waals surface area contributed by atoms with Crippen LogP contribution in [0.4, 0.5) is 0 Å². The Bertz CT molecular complexity index is 447. The van der Waals surface area contributed by atoms with Gasteiger partial charge in [0.05, 0.1) is 0 Å². The average molecular weight is 339 g/mol. The second kappa shape index (κ2) is 7.06. The van der Waals surface area contributed by atoms with Crippen molar-refractivity contribution in [3.05, 3.63) is 33.8 Å². The van der Waals surface area contributed by atoms with E-state index < -0.39 is 0 Å². The number of aryl methyl sites for hydroxylation is 1. The summed E-state index contributed by atoms with van der Waals surface area (Å²) >= 11 is 3.64. The monoisotopic (exact) mass is 338 g/mol. The number of hydrogen-bond acceptors (Lipinski definition) is 2. The summed E-state index contributed by atoms with van der Waals surface area (Å²) in [6.07, 6.45) is 5.40. The maximum atomic E-state index is 6.09. The minimum absolute atomic E-state index is 0.317. The molecule has 0 radical (unpaired) electrons. The fraction of sp³-hybridized carbons (Fsp3) is 0.647. The van der Waals surface area contributed by atoms with Gasteiger partial charge in [-0.3, -0.25) is 4.90 Å². The van der Waals surface area contributed by atoms with E-state index >= 15 is 0 Å². The molecule has 0 saturated heterocycles. The van der Waals surface area contributed by atoms with E-state index in [1.165, 1.54) is 41.3 Å². The van der Waals surface area contributed by atoms with Crippen molar-refractivity contribution < 1.29 is 0 Å². The summed E-state index contributed by atoms with van der Waals surface area (Å²) in [5.41, 5.74) is 8.69. The summed E-state index contributed by atoms with van der Waals surface area (Å²) in [6, 6.07) is 7.62. The van der Waals surface area contributed by atoms with Crippen molar-refractivity contribution in [2.24, 2.45) is 11.7 Å². The number of nitrogens with zero attached hydrogens (tertiary/aromatic N) is 1. The Morgan fingerprint density at radius 2 is 2.05 bits per heavy atom. The fourth-order valence-electron chi connectivity index (χ4n) is 3.49. The van der Waals surface area contributed by atoms with Gasteiger partial charge in [0.15, 0.2) is 0 Å². The standard InChI is InChI=1S/C17H27BrN2/c1-12-8-9-14(10-15(12)18)17(11-19)20(3)16-7-5-4-6-13(16)2/h8-10,13,16-17H,4-7,11,19H2,1-3H3. The molecule has 0 bridgehead atoms. The van der Waals surface area contributed by atoms with Crippen molar-refractivity contribution >= 4 is 15.9 Å². The molecule has 1 aliphatic carbocycles. The van der Waals surface area contributed by atoms with Gasteiger partial charge in [0, 0.05) is 23.1 Å². The zero-order valence-electron chi connectivity index (χ0n) is 12.9. The Morgan fingerprint density at radius 3 is 2.65 bits per heavy atom. The molecule has 2 rings (SSSR count). The molecule has 0 spiro atoms. The van der Waals surface area contributed by atoms with E-state index in [1.54, 1.807) is 0 Å². The molecule has 0 aromatic heterocycles. The van der Waals surface area contributed by atoms with Crippen LogP contribution in [0.25, 0.3) is 0 Å². The van der Waals surface area contributed by atoms with Crippen LogP contribution in [0.1, 0.15) is 49.8 Å². The quantitative estimate of drug-likeness (QED) is 0.888. The summed E-state index contributed by atoms with van der Waals surface area (Å²) in [4.78, 5) is 2.51. The zero-order chi connectivity index (χ0) is 14.7. The maximum Gasteiger partial charge on any atom is 0.0470 e. The predicted molar refractivity (Wildman–Crippen MR) is 89.9 cm³/mol. The van der Waals surface area contributed by atoms with Crippen LogP contribution in [0.15, 0.2) is 22.7 Å². The van der Waals surface area contributed by atoms with Gasteiger partial charge in [0.1, 0.15) is 0 Å². The molecule has 1 saturated carbocycles. The van der Waals surface area contributed by atoms with E-state index in [0.29, 0.717) is 18.6 Å². The maximum absolute atomic E-state index is 6.09. The molecule has 2 nitrogen and oxygen atoms in total. The Labute approximate surface area is 131 Å². The molecule has 0 heterocycles. The molecular weight excluding hydrogens is 312 g/mol. The second-order valence-corrected chi connectivity index (χ2v) is 7.11. The van der Waals surface area contributed by atoms with Gasteiger partial charge in [-0.15, -0.1) is 0 Å². The largest absolute Gasteiger partial charge is 0.329 e. The van der Waals surface area contributed by atoms with Crippen molar-refractivity contribution in [3.63, 3.8) is 0 Å². The molecule has 112 valence electrons. The van der Waals surface area contributed by atoms with Gasteiger partial charge in [0.25, 0.3) is 0 Å². The van der Waals surface area contributed by atoms with E-state index in [0.717, 1.165) is 5.92 Å². The lowest BCUT2D eigenvalue weighted by molar-refractivity contribution is 0.0992. The zero-order valence-corrected chi connectivity index (χ0v) is 14.5. The molecule has 3 atom stereocenters. The first-order valence-corrected chi connectivity index (χ1v) is 8.52.